The van der Waals surface area contributed by atoms with Crippen molar-refractivity contribution in [2.75, 3.05) is 20.1 Å². The lowest BCUT2D eigenvalue weighted by molar-refractivity contribution is 0.559. The van der Waals surface area contributed by atoms with E-state index in [9.17, 15) is 4.39 Å². The molecular weight excluding hydrogens is 315 g/mol. The number of guanidine groups is 1. The summed E-state index contributed by atoms with van der Waals surface area (Å²) >= 11 is 0. The maximum atomic E-state index is 14.1. The van der Waals surface area contributed by atoms with Crippen LogP contribution in [-0.4, -0.2) is 31.1 Å². The zero-order valence-corrected chi connectivity index (χ0v) is 14.8. The van der Waals surface area contributed by atoms with Gasteiger partial charge in [-0.05, 0) is 55.0 Å². The number of pyridine rings is 1. The summed E-state index contributed by atoms with van der Waals surface area (Å²) < 4.78 is 14.1. The van der Waals surface area contributed by atoms with Crippen molar-refractivity contribution in [3.05, 3.63) is 65.2 Å². The van der Waals surface area contributed by atoms with Crippen LogP contribution in [0.2, 0.25) is 0 Å². The quantitative estimate of drug-likeness (QED) is 0.628. The SMILES string of the molecule is CN=C(NCCc1ccncc1C)NCC1(c2ccccc2F)CC1. The van der Waals surface area contributed by atoms with E-state index in [4.69, 9.17) is 0 Å². The van der Waals surface area contributed by atoms with Crippen LogP contribution in [0, 0.1) is 12.7 Å². The summed E-state index contributed by atoms with van der Waals surface area (Å²) in [6.07, 6.45) is 6.63. The van der Waals surface area contributed by atoms with Gasteiger partial charge in [0.25, 0.3) is 0 Å². The third kappa shape index (κ3) is 4.16. The van der Waals surface area contributed by atoms with Crippen LogP contribution in [0.25, 0.3) is 0 Å². The first-order valence-corrected chi connectivity index (χ1v) is 8.74. The highest BCUT2D eigenvalue weighted by Gasteiger charge is 2.45. The van der Waals surface area contributed by atoms with Crippen LogP contribution < -0.4 is 10.6 Å². The van der Waals surface area contributed by atoms with Crippen LogP contribution in [0.1, 0.15) is 29.5 Å². The van der Waals surface area contributed by atoms with E-state index in [0.717, 1.165) is 37.3 Å². The second kappa shape index (κ2) is 7.64. The lowest BCUT2D eigenvalue weighted by Gasteiger charge is -2.19. The maximum Gasteiger partial charge on any atom is 0.191 e. The number of hydrogen-bond donors (Lipinski definition) is 2. The molecule has 2 aromatic rings. The maximum absolute atomic E-state index is 14.1. The second-order valence-corrected chi connectivity index (χ2v) is 6.66. The molecule has 0 amide bonds. The third-order valence-electron chi connectivity index (χ3n) is 4.94. The van der Waals surface area contributed by atoms with E-state index in [2.05, 4.69) is 27.5 Å². The Kier molecular flexibility index (Phi) is 5.31. The minimum Gasteiger partial charge on any atom is -0.356 e. The van der Waals surface area contributed by atoms with E-state index in [0.29, 0.717) is 6.54 Å². The summed E-state index contributed by atoms with van der Waals surface area (Å²) in [4.78, 5) is 8.39. The van der Waals surface area contributed by atoms with Crippen LogP contribution in [0.4, 0.5) is 4.39 Å². The van der Waals surface area contributed by atoms with Crippen LogP contribution in [-0.2, 0) is 11.8 Å². The fourth-order valence-electron chi connectivity index (χ4n) is 3.16. The molecule has 25 heavy (non-hydrogen) atoms. The first-order chi connectivity index (χ1) is 12.1. The summed E-state index contributed by atoms with van der Waals surface area (Å²) in [6, 6.07) is 9.13. The number of aryl methyl sites for hydroxylation is 1. The number of aliphatic imine (C=N–C) groups is 1. The van der Waals surface area contributed by atoms with Crippen molar-refractivity contribution in [1.82, 2.24) is 15.6 Å². The van der Waals surface area contributed by atoms with Crippen LogP contribution in [0.3, 0.4) is 0 Å². The summed E-state index contributed by atoms with van der Waals surface area (Å²) in [6.45, 7) is 3.56. The van der Waals surface area contributed by atoms with Crippen LogP contribution in [0.5, 0.6) is 0 Å². The Hall–Kier alpha value is -2.43. The average Bonchev–Trinajstić information content (AvgIpc) is 3.41. The summed E-state index contributed by atoms with van der Waals surface area (Å²) in [7, 11) is 1.76. The molecule has 132 valence electrons. The van der Waals surface area contributed by atoms with Crippen LogP contribution >= 0.6 is 0 Å². The highest BCUT2D eigenvalue weighted by atomic mass is 19.1. The number of hydrogen-bond acceptors (Lipinski definition) is 2. The highest BCUT2D eigenvalue weighted by molar-refractivity contribution is 5.79. The van der Waals surface area contributed by atoms with E-state index >= 15 is 0 Å². The number of halogens is 1. The predicted molar refractivity (Wildman–Crippen MR) is 99.4 cm³/mol. The molecule has 0 aliphatic heterocycles. The number of nitrogens with zero attached hydrogens (tertiary/aromatic N) is 2. The summed E-state index contributed by atoms with van der Waals surface area (Å²) in [5, 5.41) is 6.69. The van der Waals surface area contributed by atoms with E-state index in [1.54, 1.807) is 19.2 Å². The van der Waals surface area contributed by atoms with Crippen molar-refractivity contribution in [3.63, 3.8) is 0 Å². The van der Waals surface area contributed by atoms with Crippen molar-refractivity contribution in [2.24, 2.45) is 4.99 Å². The molecule has 1 saturated carbocycles. The molecule has 3 rings (SSSR count). The van der Waals surface area contributed by atoms with Crippen molar-refractivity contribution in [3.8, 4) is 0 Å². The smallest absolute Gasteiger partial charge is 0.191 e. The molecule has 0 spiro atoms. The Bertz CT molecular complexity index is 753. The molecule has 1 aromatic heterocycles. The molecule has 1 aliphatic rings. The molecule has 0 radical (unpaired) electrons. The van der Waals surface area contributed by atoms with Gasteiger partial charge in [-0.2, -0.15) is 0 Å². The molecule has 1 heterocycles. The van der Waals surface area contributed by atoms with Gasteiger partial charge in [0.15, 0.2) is 5.96 Å². The Labute approximate surface area is 148 Å². The number of aromatic nitrogens is 1. The number of benzene rings is 1. The standard InChI is InChI=1S/C20H25FN4/c1-15-13-23-11-7-16(15)8-12-24-19(22-2)25-14-20(9-10-20)17-5-3-4-6-18(17)21/h3-7,11,13H,8-10,12,14H2,1-2H3,(H2,22,24,25). The Morgan fingerprint density at radius 2 is 2.04 bits per heavy atom. The van der Waals surface area contributed by atoms with E-state index in [1.807, 2.05) is 30.6 Å². The van der Waals surface area contributed by atoms with Crippen molar-refractivity contribution >= 4 is 5.96 Å². The Balaban J connectivity index is 1.52. The molecule has 1 aromatic carbocycles. The van der Waals surface area contributed by atoms with Gasteiger partial charge in [0.05, 0.1) is 0 Å². The van der Waals surface area contributed by atoms with E-state index < -0.39 is 0 Å². The largest absolute Gasteiger partial charge is 0.356 e. The monoisotopic (exact) mass is 340 g/mol. The predicted octanol–water partition coefficient (Wildman–Crippen LogP) is 2.97. The Morgan fingerprint density at radius 1 is 1.24 bits per heavy atom. The van der Waals surface area contributed by atoms with Gasteiger partial charge >= 0.3 is 0 Å². The Morgan fingerprint density at radius 3 is 2.72 bits per heavy atom. The molecule has 0 saturated heterocycles. The fraction of sp³-hybridized carbons (Fsp3) is 0.400. The molecule has 4 nitrogen and oxygen atoms in total. The fourth-order valence-corrected chi connectivity index (χ4v) is 3.16. The summed E-state index contributed by atoms with van der Waals surface area (Å²) in [5.74, 6) is 0.646. The molecule has 5 heteroatoms. The number of rotatable bonds is 6. The zero-order valence-electron chi connectivity index (χ0n) is 14.8. The van der Waals surface area contributed by atoms with Gasteiger partial charge in [0.1, 0.15) is 5.82 Å². The number of nitrogens with one attached hydrogen (secondary N) is 2. The molecule has 0 bridgehead atoms. The first-order valence-electron chi connectivity index (χ1n) is 8.74. The van der Waals surface area contributed by atoms with Crippen molar-refractivity contribution in [1.29, 1.82) is 0 Å². The van der Waals surface area contributed by atoms with E-state index in [-0.39, 0.29) is 11.2 Å². The van der Waals surface area contributed by atoms with Gasteiger partial charge in [0, 0.05) is 37.9 Å². The first kappa shape index (κ1) is 17.4. The van der Waals surface area contributed by atoms with Gasteiger partial charge in [0.2, 0.25) is 0 Å². The lowest BCUT2D eigenvalue weighted by Crippen LogP contribution is -2.42. The highest BCUT2D eigenvalue weighted by Crippen LogP contribution is 2.48. The molecule has 0 atom stereocenters. The second-order valence-electron chi connectivity index (χ2n) is 6.66. The molecule has 0 unspecified atom stereocenters. The molecular formula is C20H25FN4. The van der Waals surface area contributed by atoms with Gasteiger partial charge in [-0.1, -0.05) is 18.2 Å². The normalized spacial score (nSPS) is 15.7. The van der Waals surface area contributed by atoms with Crippen molar-refractivity contribution in [2.45, 2.75) is 31.6 Å². The van der Waals surface area contributed by atoms with Gasteiger partial charge in [-0.25, -0.2) is 4.39 Å². The molecule has 1 fully saturated rings. The van der Waals surface area contributed by atoms with Gasteiger partial charge in [-0.15, -0.1) is 0 Å². The van der Waals surface area contributed by atoms with E-state index in [1.165, 1.54) is 11.1 Å². The molecule has 1 aliphatic carbocycles. The van der Waals surface area contributed by atoms with Gasteiger partial charge in [-0.3, -0.25) is 9.98 Å². The topological polar surface area (TPSA) is 49.3 Å². The molecule has 2 N–H and O–H groups in total. The summed E-state index contributed by atoms with van der Waals surface area (Å²) in [5.41, 5.74) is 3.20. The minimum atomic E-state index is -0.113. The zero-order chi connectivity index (χ0) is 17.7. The van der Waals surface area contributed by atoms with Gasteiger partial charge < -0.3 is 10.6 Å². The lowest BCUT2D eigenvalue weighted by atomic mass is 9.95. The average molecular weight is 340 g/mol. The van der Waals surface area contributed by atoms with Crippen molar-refractivity contribution < 1.29 is 4.39 Å². The third-order valence-corrected chi connectivity index (χ3v) is 4.94. The minimum absolute atomic E-state index is 0.0926. The van der Waals surface area contributed by atoms with Crippen LogP contribution in [0.15, 0.2) is 47.7 Å².